The first kappa shape index (κ1) is 17.7. The van der Waals surface area contributed by atoms with Crippen molar-refractivity contribution in [2.24, 2.45) is 0 Å². The fraction of sp³-hybridized carbons (Fsp3) is 0.250. The van der Waals surface area contributed by atoms with E-state index in [-0.39, 0.29) is 0 Å². The van der Waals surface area contributed by atoms with E-state index in [4.69, 9.17) is 10.1 Å². The highest BCUT2D eigenvalue weighted by Crippen LogP contribution is 2.27. The number of allylic oxidation sites excluding steroid dienone is 3. The summed E-state index contributed by atoms with van der Waals surface area (Å²) in [6.07, 6.45) is 11.8. The van der Waals surface area contributed by atoms with Crippen LogP contribution in [0.3, 0.4) is 0 Å². The summed E-state index contributed by atoms with van der Waals surface area (Å²) in [5.41, 5.74) is 8.09. The number of aryl methyl sites for hydroxylation is 2. The van der Waals surface area contributed by atoms with E-state index in [0.717, 1.165) is 53.9 Å². The van der Waals surface area contributed by atoms with Gasteiger partial charge in [-0.25, -0.2) is 19.5 Å². The Kier molecular flexibility index (Phi) is 4.43. The van der Waals surface area contributed by atoms with Crippen LogP contribution in [0.2, 0.25) is 0 Å². The van der Waals surface area contributed by atoms with Crippen LogP contribution in [0.15, 0.2) is 59.9 Å². The van der Waals surface area contributed by atoms with E-state index in [1.807, 2.05) is 22.8 Å². The summed E-state index contributed by atoms with van der Waals surface area (Å²) < 4.78 is 1.90. The van der Waals surface area contributed by atoms with Gasteiger partial charge in [0.2, 0.25) is 0 Å². The zero-order valence-corrected chi connectivity index (χ0v) is 16.8. The van der Waals surface area contributed by atoms with Crippen LogP contribution in [0.1, 0.15) is 42.9 Å². The Morgan fingerprint density at radius 3 is 2.86 bits per heavy atom. The van der Waals surface area contributed by atoms with E-state index < -0.39 is 0 Å². The summed E-state index contributed by atoms with van der Waals surface area (Å²) >= 11 is 0. The number of aromatic nitrogens is 5. The summed E-state index contributed by atoms with van der Waals surface area (Å²) in [6.45, 7) is 4.42. The molecule has 1 aliphatic rings. The van der Waals surface area contributed by atoms with Gasteiger partial charge in [-0.3, -0.25) is 0 Å². The number of hydrogen-bond acceptors (Lipinski definition) is 4. The van der Waals surface area contributed by atoms with Crippen molar-refractivity contribution in [3.63, 3.8) is 0 Å². The Morgan fingerprint density at radius 2 is 1.97 bits per heavy atom. The molecule has 144 valence electrons. The normalized spacial score (nSPS) is 13.9. The van der Waals surface area contributed by atoms with Crippen molar-refractivity contribution in [2.75, 3.05) is 0 Å². The lowest BCUT2D eigenvalue weighted by atomic mass is 9.99. The van der Waals surface area contributed by atoms with E-state index in [2.05, 4.69) is 54.2 Å². The number of pyridine rings is 3. The largest absolute Gasteiger partial charge is 0.237 e. The second-order valence-corrected chi connectivity index (χ2v) is 7.55. The van der Waals surface area contributed by atoms with Crippen LogP contribution >= 0.6 is 0 Å². The van der Waals surface area contributed by atoms with E-state index >= 15 is 0 Å². The Morgan fingerprint density at radius 1 is 1.03 bits per heavy atom. The second kappa shape index (κ2) is 7.24. The Labute approximate surface area is 169 Å². The lowest BCUT2D eigenvalue weighted by Gasteiger charge is -2.08. The molecule has 1 aliphatic carbocycles. The van der Waals surface area contributed by atoms with Gasteiger partial charge in [0.05, 0.1) is 0 Å². The first-order chi connectivity index (χ1) is 14.2. The van der Waals surface area contributed by atoms with Crippen molar-refractivity contribution >= 4 is 22.8 Å². The molecular formula is C24H23N5. The SMILES string of the molecule is CCC1=C(C)C=Cc2c(ccn3nc(CCc4ccc5cccnc5n4)nc23)C1. The van der Waals surface area contributed by atoms with Crippen LogP contribution in [-0.4, -0.2) is 24.6 Å². The average molecular weight is 381 g/mol. The molecule has 0 aliphatic heterocycles. The third kappa shape index (κ3) is 3.33. The molecule has 29 heavy (non-hydrogen) atoms. The molecule has 4 heterocycles. The van der Waals surface area contributed by atoms with Crippen LogP contribution in [-0.2, 0) is 19.3 Å². The molecule has 0 atom stereocenters. The first-order valence-corrected chi connectivity index (χ1v) is 10.2. The molecule has 0 saturated carbocycles. The van der Waals surface area contributed by atoms with Gasteiger partial charge in [-0.1, -0.05) is 30.2 Å². The second-order valence-electron chi connectivity index (χ2n) is 7.55. The molecule has 0 saturated heterocycles. The van der Waals surface area contributed by atoms with Gasteiger partial charge in [0.25, 0.3) is 0 Å². The van der Waals surface area contributed by atoms with E-state index in [1.54, 1.807) is 6.20 Å². The van der Waals surface area contributed by atoms with Crippen LogP contribution in [0, 0.1) is 0 Å². The summed E-state index contributed by atoms with van der Waals surface area (Å²) in [4.78, 5) is 13.9. The number of fused-ring (bicyclic) bond motifs is 4. The summed E-state index contributed by atoms with van der Waals surface area (Å²) in [6, 6.07) is 10.3. The molecule has 0 amide bonds. The van der Waals surface area contributed by atoms with Gasteiger partial charge >= 0.3 is 0 Å². The zero-order chi connectivity index (χ0) is 19.8. The zero-order valence-electron chi connectivity index (χ0n) is 16.8. The molecule has 0 N–H and O–H groups in total. The average Bonchev–Trinajstić information content (AvgIpc) is 3.10. The highest BCUT2D eigenvalue weighted by molar-refractivity contribution is 5.74. The highest BCUT2D eigenvalue weighted by Gasteiger charge is 2.15. The molecule has 5 nitrogen and oxygen atoms in total. The van der Waals surface area contributed by atoms with Crippen LogP contribution in [0.5, 0.6) is 0 Å². The molecule has 5 heteroatoms. The molecule has 5 rings (SSSR count). The van der Waals surface area contributed by atoms with E-state index in [1.165, 1.54) is 22.3 Å². The van der Waals surface area contributed by atoms with Gasteiger partial charge in [-0.15, -0.1) is 0 Å². The fourth-order valence-corrected chi connectivity index (χ4v) is 3.96. The van der Waals surface area contributed by atoms with Gasteiger partial charge in [-0.2, -0.15) is 5.10 Å². The topological polar surface area (TPSA) is 56.0 Å². The highest BCUT2D eigenvalue weighted by atomic mass is 15.3. The summed E-state index contributed by atoms with van der Waals surface area (Å²) in [7, 11) is 0. The fourth-order valence-electron chi connectivity index (χ4n) is 3.96. The van der Waals surface area contributed by atoms with Crippen LogP contribution in [0.25, 0.3) is 22.8 Å². The number of nitrogens with zero attached hydrogens (tertiary/aromatic N) is 5. The molecule has 0 unspecified atom stereocenters. The standard InChI is InChI=1S/C24H23N5/c1-3-17-15-19-12-14-29-24(21(19)10-6-16(17)2)27-22(28-29)11-9-20-8-7-18-5-4-13-25-23(18)26-20/h4-8,10,12-14H,3,9,11,15H2,1-2H3. The Bertz CT molecular complexity index is 1280. The molecule has 0 fully saturated rings. The van der Waals surface area contributed by atoms with Crippen molar-refractivity contribution in [1.82, 2.24) is 24.6 Å². The molecule has 0 spiro atoms. The van der Waals surface area contributed by atoms with Gasteiger partial charge < -0.3 is 0 Å². The lowest BCUT2D eigenvalue weighted by Crippen LogP contribution is -1.98. The molecule has 0 aromatic carbocycles. The molecule has 0 bridgehead atoms. The van der Waals surface area contributed by atoms with Crippen molar-refractivity contribution in [3.05, 3.63) is 82.6 Å². The van der Waals surface area contributed by atoms with Crippen molar-refractivity contribution < 1.29 is 0 Å². The van der Waals surface area contributed by atoms with Crippen molar-refractivity contribution in [2.45, 2.75) is 39.5 Å². The summed E-state index contributed by atoms with van der Waals surface area (Å²) in [5, 5.41) is 5.76. The van der Waals surface area contributed by atoms with Gasteiger partial charge in [0.15, 0.2) is 17.1 Å². The maximum Gasteiger partial charge on any atom is 0.163 e. The van der Waals surface area contributed by atoms with Crippen LogP contribution in [0.4, 0.5) is 0 Å². The van der Waals surface area contributed by atoms with Crippen LogP contribution < -0.4 is 0 Å². The molecule has 0 radical (unpaired) electrons. The quantitative estimate of drug-likeness (QED) is 0.512. The number of hydrogen-bond donors (Lipinski definition) is 0. The number of rotatable bonds is 4. The van der Waals surface area contributed by atoms with E-state index in [9.17, 15) is 0 Å². The predicted octanol–water partition coefficient (Wildman–Crippen LogP) is 4.75. The minimum atomic E-state index is 0.753. The predicted molar refractivity (Wildman–Crippen MR) is 116 cm³/mol. The van der Waals surface area contributed by atoms with E-state index in [0.29, 0.717) is 0 Å². The minimum Gasteiger partial charge on any atom is -0.237 e. The van der Waals surface area contributed by atoms with Crippen molar-refractivity contribution in [1.29, 1.82) is 0 Å². The summed E-state index contributed by atoms with van der Waals surface area (Å²) in [5.74, 6) is 0.847. The third-order valence-corrected chi connectivity index (χ3v) is 5.69. The first-order valence-electron chi connectivity index (χ1n) is 10.2. The Hall–Kier alpha value is -3.34. The van der Waals surface area contributed by atoms with Gasteiger partial charge in [0.1, 0.15) is 0 Å². The maximum absolute atomic E-state index is 4.86. The smallest absolute Gasteiger partial charge is 0.163 e. The molecular weight excluding hydrogens is 358 g/mol. The maximum atomic E-state index is 4.86. The van der Waals surface area contributed by atoms with Crippen molar-refractivity contribution in [3.8, 4) is 0 Å². The third-order valence-electron chi connectivity index (χ3n) is 5.69. The Balaban J connectivity index is 1.42. The van der Waals surface area contributed by atoms with Gasteiger partial charge in [0, 0.05) is 35.5 Å². The lowest BCUT2D eigenvalue weighted by molar-refractivity contribution is 0.822. The van der Waals surface area contributed by atoms with Gasteiger partial charge in [-0.05, 0) is 62.1 Å². The monoisotopic (exact) mass is 381 g/mol. The molecule has 4 aromatic heterocycles. The molecule has 4 aromatic rings. The minimum absolute atomic E-state index is 0.753.